The Labute approximate surface area is 109 Å². The summed E-state index contributed by atoms with van der Waals surface area (Å²) in [5, 5.41) is 9.42. The van der Waals surface area contributed by atoms with Gasteiger partial charge in [0.15, 0.2) is 0 Å². The van der Waals surface area contributed by atoms with Gasteiger partial charge in [-0.25, -0.2) is 0 Å². The zero-order chi connectivity index (χ0) is 13.6. The average molecular weight is 248 g/mol. The lowest BCUT2D eigenvalue weighted by Crippen LogP contribution is -2.41. The summed E-state index contributed by atoms with van der Waals surface area (Å²) in [4.78, 5) is 0. The van der Waals surface area contributed by atoms with Gasteiger partial charge in [-0.15, -0.1) is 0 Å². The second-order valence-electron chi connectivity index (χ2n) is 5.95. The SMILES string of the molecule is Cc1ccc(CO)c(B2OC(C)(C)C(C)(C)O2)c1. The van der Waals surface area contributed by atoms with Crippen LogP contribution in [0, 0.1) is 6.92 Å². The fourth-order valence-corrected chi connectivity index (χ4v) is 2.05. The smallest absolute Gasteiger partial charge is 0.399 e. The van der Waals surface area contributed by atoms with Crippen LogP contribution in [0.1, 0.15) is 38.8 Å². The number of rotatable bonds is 2. The van der Waals surface area contributed by atoms with Crippen LogP contribution >= 0.6 is 0 Å². The molecule has 0 saturated carbocycles. The molecule has 98 valence electrons. The van der Waals surface area contributed by atoms with Crippen LogP contribution in [0.25, 0.3) is 0 Å². The molecule has 3 nitrogen and oxygen atoms in total. The van der Waals surface area contributed by atoms with Crippen LogP contribution in [-0.2, 0) is 15.9 Å². The van der Waals surface area contributed by atoms with Crippen LogP contribution < -0.4 is 5.46 Å². The van der Waals surface area contributed by atoms with E-state index < -0.39 is 7.12 Å². The number of aliphatic hydroxyl groups is 1. The Morgan fingerprint density at radius 3 is 2.17 bits per heavy atom. The van der Waals surface area contributed by atoms with E-state index in [1.807, 2.05) is 52.8 Å². The number of aryl methyl sites for hydroxylation is 1. The Bertz CT molecular complexity index is 438. The maximum absolute atomic E-state index is 9.42. The quantitative estimate of drug-likeness (QED) is 0.811. The minimum absolute atomic E-state index is 0.000307. The predicted molar refractivity (Wildman–Crippen MR) is 72.8 cm³/mol. The van der Waals surface area contributed by atoms with Crippen molar-refractivity contribution in [1.29, 1.82) is 0 Å². The van der Waals surface area contributed by atoms with Gasteiger partial charge in [0, 0.05) is 0 Å². The summed E-state index contributed by atoms with van der Waals surface area (Å²) >= 11 is 0. The first kappa shape index (κ1) is 13.6. The van der Waals surface area contributed by atoms with E-state index in [4.69, 9.17) is 9.31 Å². The average Bonchev–Trinajstić information content (AvgIpc) is 2.48. The van der Waals surface area contributed by atoms with E-state index in [0.717, 1.165) is 16.6 Å². The van der Waals surface area contributed by atoms with Crippen LogP contribution in [-0.4, -0.2) is 23.4 Å². The Hall–Kier alpha value is -0.835. The fraction of sp³-hybridized carbons (Fsp3) is 0.571. The molecule has 1 aliphatic heterocycles. The van der Waals surface area contributed by atoms with Crippen LogP contribution in [0.4, 0.5) is 0 Å². The molecule has 0 aliphatic carbocycles. The van der Waals surface area contributed by atoms with Gasteiger partial charge in [0.25, 0.3) is 0 Å². The molecule has 0 radical (unpaired) electrons. The molecule has 1 saturated heterocycles. The second-order valence-corrected chi connectivity index (χ2v) is 5.95. The lowest BCUT2D eigenvalue weighted by Gasteiger charge is -2.32. The summed E-state index contributed by atoms with van der Waals surface area (Å²) in [5.74, 6) is 0. The van der Waals surface area contributed by atoms with Crippen molar-refractivity contribution in [2.75, 3.05) is 0 Å². The van der Waals surface area contributed by atoms with E-state index in [1.54, 1.807) is 0 Å². The number of benzene rings is 1. The predicted octanol–water partition coefficient (Wildman–Crippen LogP) is 1.79. The third-order valence-corrected chi connectivity index (χ3v) is 3.98. The molecule has 0 aromatic heterocycles. The third kappa shape index (κ3) is 2.20. The van der Waals surface area contributed by atoms with Gasteiger partial charge in [-0.3, -0.25) is 0 Å². The number of hydrogen-bond acceptors (Lipinski definition) is 3. The van der Waals surface area contributed by atoms with Crippen LogP contribution in [0.3, 0.4) is 0 Å². The van der Waals surface area contributed by atoms with E-state index in [0.29, 0.717) is 0 Å². The van der Waals surface area contributed by atoms with E-state index in [1.165, 1.54) is 0 Å². The maximum Gasteiger partial charge on any atom is 0.495 e. The van der Waals surface area contributed by atoms with Crippen molar-refractivity contribution in [1.82, 2.24) is 0 Å². The summed E-state index contributed by atoms with van der Waals surface area (Å²) in [5.41, 5.74) is 2.22. The lowest BCUT2D eigenvalue weighted by atomic mass is 9.75. The van der Waals surface area contributed by atoms with Crippen molar-refractivity contribution in [2.45, 2.75) is 52.4 Å². The first-order valence-corrected chi connectivity index (χ1v) is 6.33. The van der Waals surface area contributed by atoms with E-state index >= 15 is 0 Å². The lowest BCUT2D eigenvalue weighted by molar-refractivity contribution is 0.00578. The van der Waals surface area contributed by atoms with Crippen molar-refractivity contribution in [3.05, 3.63) is 29.3 Å². The summed E-state index contributed by atoms with van der Waals surface area (Å²) in [7, 11) is -0.406. The van der Waals surface area contributed by atoms with E-state index in [9.17, 15) is 5.11 Å². The summed E-state index contributed by atoms with van der Waals surface area (Å²) in [6, 6.07) is 5.93. The standard InChI is InChI=1S/C14H21BO3/c1-10-6-7-11(9-16)12(8-10)15-17-13(2,3)14(4,5)18-15/h6-8,16H,9H2,1-5H3. The highest BCUT2D eigenvalue weighted by molar-refractivity contribution is 6.62. The molecule has 0 bridgehead atoms. The number of aliphatic hydroxyl groups excluding tert-OH is 1. The minimum Gasteiger partial charge on any atom is -0.399 e. The zero-order valence-corrected chi connectivity index (χ0v) is 11.8. The molecule has 18 heavy (non-hydrogen) atoms. The molecule has 1 aliphatic rings. The summed E-state index contributed by atoms with van der Waals surface area (Å²) in [6.45, 7) is 10.1. The van der Waals surface area contributed by atoms with Crippen LogP contribution in [0.15, 0.2) is 18.2 Å². The van der Waals surface area contributed by atoms with Crippen molar-refractivity contribution in [3.63, 3.8) is 0 Å². The van der Waals surface area contributed by atoms with E-state index in [2.05, 4.69) is 0 Å². The van der Waals surface area contributed by atoms with Gasteiger partial charge in [-0.05, 0) is 45.6 Å². The maximum atomic E-state index is 9.42. The first-order valence-electron chi connectivity index (χ1n) is 6.33. The van der Waals surface area contributed by atoms with E-state index in [-0.39, 0.29) is 17.8 Å². The number of hydrogen-bond donors (Lipinski definition) is 1. The Balaban J connectivity index is 2.37. The molecule has 1 heterocycles. The Morgan fingerprint density at radius 2 is 1.67 bits per heavy atom. The Kier molecular flexibility index (Phi) is 3.30. The molecule has 0 atom stereocenters. The highest BCUT2D eigenvalue weighted by Crippen LogP contribution is 2.36. The van der Waals surface area contributed by atoms with Crippen molar-refractivity contribution < 1.29 is 14.4 Å². The van der Waals surface area contributed by atoms with Crippen molar-refractivity contribution in [3.8, 4) is 0 Å². The van der Waals surface area contributed by atoms with Gasteiger partial charge < -0.3 is 14.4 Å². The highest BCUT2D eigenvalue weighted by Gasteiger charge is 2.52. The van der Waals surface area contributed by atoms with Gasteiger partial charge in [0.1, 0.15) is 0 Å². The molecular weight excluding hydrogens is 227 g/mol. The highest BCUT2D eigenvalue weighted by atomic mass is 16.7. The van der Waals surface area contributed by atoms with Crippen molar-refractivity contribution >= 4 is 12.6 Å². The summed E-state index contributed by atoms with van der Waals surface area (Å²) in [6.07, 6.45) is 0. The fourth-order valence-electron chi connectivity index (χ4n) is 2.05. The molecule has 0 amide bonds. The molecule has 2 rings (SSSR count). The van der Waals surface area contributed by atoms with Gasteiger partial charge in [0.05, 0.1) is 17.8 Å². The molecule has 1 aromatic rings. The topological polar surface area (TPSA) is 38.7 Å². The van der Waals surface area contributed by atoms with Gasteiger partial charge >= 0.3 is 7.12 Å². The van der Waals surface area contributed by atoms with Crippen molar-refractivity contribution in [2.24, 2.45) is 0 Å². The minimum atomic E-state index is -0.406. The molecule has 0 spiro atoms. The molecular formula is C14H21BO3. The molecule has 0 unspecified atom stereocenters. The first-order chi connectivity index (χ1) is 8.27. The third-order valence-electron chi connectivity index (χ3n) is 3.98. The van der Waals surface area contributed by atoms with Gasteiger partial charge in [-0.2, -0.15) is 0 Å². The molecule has 1 aromatic carbocycles. The second kappa shape index (κ2) is 4.37. The van der Waals surface area contributed by atoms with Gasteiger partial charge in [-0.1, -0.05) is 23.8 Å². The zero-order valence-electron chi connectivity index (χ0n) is 11.8. The summed E-state index contributed by atoms with van der Waals surface area (Å²) < 4.78 is 12.0. The molecule has 4 heteroatoms. The molecule has 1 N–H and O–H groups in total. The Morgan fingerprint density at radius 1 is 1.11 bits per heavy atom. The van der Waals surface area contributed by atoms with Gasteiger partial charge in [0.2, 0.25) is 0 Å². The monoisotopic (exact) mass is 248 g/mol. The normalized spacial score (nSPS) is 21.3. The van der Waals surface area contributed by atoms with Crippen LogP contribution in [0.2, 0.25) is 0 Å². The van der Waals surface area contributed by atoms with Crippen LogP contribution in [0.5, 0.6) is 0 Å². The largest absolute Gasteiger partial charge is 0.495 e. The molecule has 1 fully saturated rings.